The minimum Gasteiger partial charge on any atom is -0.391 e. The largest absolute Gasteiger partial charge is 0.391 e. The van der Waals surface area contributed by atoms with Crippen LogP contribution in [-0.4, -0.2) is 65.8 Å². The van der Waals surface area contributed by atoms with E-state index in [0.29, 0.717) is 18.4 Å². The zero-order valence-corrected chi connectivity index (χ0v) is 14.7. The molecule has 2 saturated carbocycles. The molecule has 1 heterocycles. The second-order valence-corrected chi connectivity index (χ2v) is 8.01. The Morgan fingerprint density at radius 3 is 2.57 bits per heavy atom. The van der Waals surface area contributed by atoms with E-state index in [9.17, 15) is 9.90 Å². The summed E-state index contributed by atoms with van der Waals surface area (Å²) < 4.78 is 0. The van der Waals surface area contributed by atoms with E-state index in [1.807, 2.05) is 0 Å². The van der Waals surface area contributed by atoms with E-state index in [2.05, 4.69) is 17.1 Å². The molecule has 1 saturated heterocycles. The first-order chi connectivity index (χ1) is 11.0. The summed E-state index contributed by atoms with van der Waals surface area (Å²) in [6, 6.07) is 0.959. The fourth-order valence-corrected chi connectivity index (χ4v) is 3.95. The van der Waals surface area contributed by atoms with Crippen molar-refractivity contribution in [2.24, 2.45) is 11.8 Å². The molecule has 0 spiro atoms. The number of likely N-dealkylation sites (N-methyl/N-ethyl adjacent to an activating group) is 1. The van der Waals surface area contributed by atoms with E-state index in [1.165, 1.54) is 38.6 Å². The van der Waals surface area contributed by atoms with Gasteiger partial charge in [-0.15, -0.1) is 0 Å². The predicted octanol–water partition coefficient (Wildman–Crippen LogP) is 2.05. The molecule has 0 aromatic heterocycles. The molecule has 0 bridgehead atoms. The van der Waals surface area contributed by atoms with Crippen LogP contribution < -0.4 is 5.32 Å². The average molecular weight is 323 g/mol. The minimum absolute atomic E-state index is 0.0435. The molecule has 1 aliphatic heterocycles. The first-order valence-corrected chi connectivity index (χ1v) is 9.48. The molecule has 132 valence electrons. The monoisotopic (exact) mass is 323 g/mol. The van der Waals surface area contributed by atoms with E-state index < -0.39 is 0 Å². The normalized spacial score (nSPS) is 28.7. The van der Waals surface area contributed by atoms with Crippen LogP contribution in [0.15, 0.2) is 0 Å². The van der Waals surface area contributed by atoms with Gasteiger partial charge >= 0.3 is 6.03 Å². The summed E-state index contributed by atoms with van der Waals surface area (Å²) in [4.78, 5) is 16.6. The van der Waals surface area contributed by atoms with Gasteiger partial charge in [0, 0.05) is 32.2 Å². The molecule has 5 heteroatoms. The number of likely N-dealkylation sites (tertiary alicyclic amines) is 1. The lowest BCUT2D eigenvalue weighted by molar-refractivity contribution is 0.0662. The third kappa shape index (κ3) is 4.38. The number of carbonyl (C=O) groups excluding carboxylic acids is 1. The van der Waals surface area contributed by atoms with Crippen LogP contribution in [0.5, 0.6) is 0 Å². The van der Waals surface area contributed by atoms with Gasteiger partial charge in [0.2, 0.25) is 0 Å². The van der Waals surface area contributed by atoms with E-state index in [0.717, 1.165) is 25.4 Å². The van der Waals surface area contributed by atoms with Crippen molar-refractivity contribution in [1.29, 1.82) is 0 Å². The first-order valence-electron chi connectivity index (χ1n) is 9.48. The summed E-state index contributed by atoms with van der Waals surface area (Å²) in [7, 11) is 1.79. The number of nitrogens with one attached hydrogen (secondary N) is 1. The van der Waals surface area contributed by atoms with Gasteiger partial charge in [-0.1, -0.05) is 6.42 Å². The minimum atomic E-state index is -0.357. The van der Waals surface area contributed by atoms with Crippen LogP contribution in [0.3, 0.4) is 0 Å². The maximum Gasteiger partial charge on any atom is 0.317 e. The summed E-state index contributed by atoms with van der Waals surface area (Å²) in [6.07, 6.45) is 8.40. The lowest BCUT2D eigenvalue weighted by Crippen LogP contribution is -2.52. The third-order valence-electron chi connectivity index (χ3n) is 6.11. The highest BCUT2D eigenvalue weighted by atomic mass is 16.3. The van der Waals surface area contributed by atoms with Gasteiger partial charge in [-0.3, -0.25) is 0 Å². The molecule has 0 aromatic carbocycles. The number of aliphatic hydroxyl groups is 1. The molecule has 0 aromatic rings. The Hall–Kier alpha value is -0.810. The molecule has 2 aliphatic carbocycles. The Kier molecular flexibility index (Phi) is 5.47. The van der Waals surface area contributed by atoms with Crippen molar-refractivity contribution in [2.45, 2.75) is 70.1 Å². The van der Waals surface area contributed by atoms with Crippen LogP contribution >= 0.6 is 0 Å². The molecule has 3 fully saturated rings. The Bertz CT molecular complexity index is 409. The number of urea groups is 1. The number of piperidine rings is 1. The quantitative estimate of drug-likeness (QED) is 0.786. The number of rotatable bonds is 6. The number of hydrogen-bond acceptors (Lipinski definition) is 3. The number of amides is 2. The van der Waals surface area contributed by atoms with Gasteiger partial charge < -0.3 is 20.2 Å². The highest BCUT2D eigenvalue weighted by Crippen LogP contribution is 2.33. The van der Waals surface area contributed by atoms with Gasteiger partial charge in [-0.2, -0.15) is 0 Å². The number of aliphatic hydroxyl groups excluding tert-OH is 1. The Labute approximate surface area is 140 Å². The summed E-state index contributed by atoms with van der Waals surface area (Å²) >= 11 is 0. The van der Waals surface area contributed by atoms with Gasteiger partial charge in [0.25, 0.3) is 0 Å². The number of carbonyl (C=O) groups is 1. The van der Waals surface area contributed by atoms with Gasteiger partial charge in [0.15, 0.2) is 0 Å². The zero-order chi connectivity index (χ0) is 16.4. The van der Waals surface area contributed by atoms with Crippen LogP contribution in [0.4, 0.5) is 4.79 Å². The van der Waals surface area contributed by atoms with Crippen molar-refractivity contribution in [3.63, 3.8) is 0 Å². The average Bonchev–Trinajstić information content (AvgIpc) is 3.30. The van der Waals surface area contributed by atoms with Crippen molar-refractivity contribution >= 4 is 6.03 Å². The van der Waals surface area contributed by atoms with Crippen LogP contribution in [0.1, 0.15) is 51.9 Å². The SMILES string of the molecule is CC(NC(=O)N(C)CC(O)C1CC1)C1CCCN(C2CCC2)C1. The topological polar surface area (TPSA) is 55.8 Å². The second-order valence-electron chi connectivity index (χ2n) is 8.01. The van der Waals surface area contributed by atoms with Gasteiger partial charge in [-0.05, 0) is 63.8 Å². The van der Waals surface area contributed by atoms with Gasteiger partial charge in [-0.25, -0.2) is 4.79 Å². The molecule has 2 amide bonds. The van der Waals surface area contributed by atoms with Crippen molar-refractivity contribution in [3.8, 4) is 0 Å². The summed E-state index contributed by atoms with van der Waals surface area (Å²) in [5, 5.41) is 13.2. The van der Waals surface area contributed by atoms with Crippen LogP contribution in [0.25, 0.3) is 0 Å². The number of hydrogen-bond donors (Lipinski definition) is 2. The molecule has 0 radical (unpaired) electrons. The molecule has 3 aliphatic rings. The Morgan fingerprint density at radius 2 is 1.96 bits per heavy atom. The summed E-state index contributed by atoms with van der Waals surface area (Å²) in [5.74, 6) is 0.965. The van der Waals surface area contributed by atoms with Gasteiger partial charge in [0.1, 0.15) is 0 Å². The van der Waals surface area contributed by atoms with Crippen molar-refractivity contribution in [2.75, 3.05) is 26.7 Å². The van der Waals surface area contributed by atoms with Crippen molar-refractivity contribution < 1.29 is 9.90 Å². The standard InChI is InChI=1S/C18H33N3O2/c1-13(15-5-4-10-21(11-15)16-6-3-7-16)19-18(23)20(2)12-17(22)14-8-9-14/h13-17,22H,3-12H2,1-2H3,(H,19,23). The molecule has 5 nitrogen and oxygen atoms in total. The van der Waals surface area contributed by atoms with Crippen LogP contribution in [0, 0.1) is 11.8 Å². The highest BCUT2D eigenvalue weighted by molar-refractivity contribution is 5.74. The van der Waals surface area contributed by atoms with E-state index in [-0.39, 0.29) is 18.2 Å². The summed E-state index contributed by atoms with van der Waals surface area (Å²) in [5.41, 5.74) is 0. The maximum atomic E-state index is 12.3. The lowest BCUT2D eigenvalue weighted by Gasteiger charge is -2.44. The Morgan fingerprint density at radius 1 is 1.22 bits per heavy atom. The molecular weight excluding hydrogens is 290 g/mol. The van der Waals surface area contributed by atoms with Crippen LogP contribution in [0.2, 0.25) is 0 Å². The van der Waals surface area contributed by atoms with E-state index >= 15 is 0 Å². The molecule has 23 heavy (non-hydrogen) atoms. The highest BCUT2D eigenvalue weighted by Gasteiger charge is 2.33. The zero-order valence-electron chi connectivity index (χ0n) is 14.7. The predicted molar refractivity (Wildman–Crippen MR) is 91.3 cm³/mol. The molecule has 3 atom stereocenters. The fourth-order valence-electron chi connectivity index (χ4n) is 3.95. The van der Waals surface area contributed by atoms with Crippen LogP contribution in [-0.2, 0) is 0 Å². The fraction of sp³-hybridized carbons (Fsp3) is 0.944. The number of nitrogens with zero attached hydrogens (tertiary/aromatic N) is 2. The maximum absolute atomic E-state index is 12.3. The van der Waals surface area contributed by atoms with Crippen molar-refractivity contribution in [3.05, 3.63) is 0 Å². The smallest absolute Gasteiger partial charge is 0.317 e. The lowest BCUT2D eigenvalue weighted by atomic mass is 9.86. The second kappa shape index (κ2) is 7.39. The molecule has 2 N–H and O–H groups in total. The Balaban J connectivity index is 1.43. The van der Waals surface area contributed by atoms with Gasteiger partial charge in [0.05, 0.1) is 6.10 Å². The van der Waals surface area contributed by atoms with E-state index in [4.69, 9.17) is 0 Å². The summed E-state index contributed by atoms with van der Waals surface area (Å²) in [6.45, 7) is 4.94. The van der Waals surface area contributed by atoms with Crippen molar-refractivity contribution in [1.82, 2.24) is 15.1 Å². The first kappa shape index (κ1) is 17.0. The van der Waals surface area contributed by atoms with E-state index in [1.54, 1.807) is 11.9 Å². The molecule has 3 unspecified atom stereocenters. The third-order valence-corrected chi connectivity index (χ3v) is 6.11. The molecule has 3 rings (SSSR count). The molecular formula is C18H33N3O2.